The molecule has 0 fully saturated rings. The number of allylic oxidation sites excluding steroid dienone is 1. The molecule has 1 atom stereocenters. The third kappa shape index (κ3) is 6.26. The van der Waals surface area contributed by atoms with Gasteiger partial charge in [0.15, 0.2) is 16.3 Å². The van der Waals surface area contributed by atoms with Gasteiger partial charge in [-0.1, -0.05) is 47.7 Å². The van der Waals surface area contributed by atoms with Gasteiger partial charge in [0.05, 0.1) is 39.0 Å². The molecule has 2 aromatic heterocycles. The molecule has 5 aromatic rings. The molecule has 1 amide bonds. The van der Waals surface area contributed by atoms with Crippen LogP contribution in [0.15, 0.2) is 110 Å². The Hall–Kier alpha value is -4.76. The van der Waals surface area contributed by atoms with Crippen LogP contribution in [-0.2, 0) is 11.4 Å². The number of anilines is 1. The molecule has 3 heterocycles. The van der Waals surface area contributed by atoms with E-state index >= 15 is 0 Å². The molecule has 224 valence electrons. The Morgan fingerprint density at radius 2 is 1.91 bits per heavy atom. The predicted molar refractivity (Wildman–Crippen MR) is 179 cm³/mol. The van der Waals surface area contributed by atoms with Crippen LogP contribution in [-0.4, -0.2) is 17.6 Å². The van der Waals surface area contributed by atoms with E-state index in [9.17, 15) is 9.59 Å². The van der Waals surface area contributed by atoms with E-state index in [-0.39, 0.29) is 18.1 Å². The Kier molecular flexibility index (Phi) is 8.80. The summed E-state index contributed by atoms with van der Waals surface area (Å²) in [6.45, 7) is 2.08. The highest BCUT2D eigenvalue weighted by atomic mass is 79.9. The second kappa shape index (κ2) is 13.1. The number of benzene rings is 3. The second-order valence-corrected chi connectivity index (χ2v) is 12.9. The first-order chi connectivity index (χ1) is 21.9. The molecule has 0 saturated carbocycles. The first kappa shape index (κ1) is 30.3. The number of amides is 1. The van der Waals surface area contributed by atoms with Crippen LogP contribution >= 0.6 is 38.6 Å². The molecule has 0 radical (unpaired) electrons. The molecule has 0 bridgehead atoms. The molecule has 8 nitrogen and oxygen atoms in total. The number of carbonyl (C=O) groups is 1. The maximum absolute atomic E-state index is 14.0. The molecule has 0 aliphatic carbocycles. The molecule has 1 N–H and O–H groups in total. The zero-order valence-electron chi connectivity index (χ0n) is 24.1. The van der Waals surface area contributed by atoms with Gasteiger partial charge in [-0.2, -0.15) is 5.26 Å². The van der Waals surface area contributed by atoms with E-state index in [0.717, 1.165) is 16.0 Å². The van der Waals surface area contributed by atoms with Gasteiger partial charge in [-0.25, -0.2) is 4.99 Å². The van der Waals surface area contributed by atoms with Gasteiger partial charge in [-0.15, -0.1) is 11.3 Å². The van der Waals surface area contributed by atoms with Crippen LogP contribution in [0.1, 0.15) is 34.5 Å². The van der Waals surface area contributed by atoms with Crippen molar-refractivity contribution < 1.29 is 14.3 Å². The zero-order valence-corrected chi connectivity index (χ0v) is 27.3. The first-order valence-corrected chi connectivity index (χ1v) is 16.3. The highest BCUT2D eigenvalue weighted by Gasteiger charge is 2.33. The largest absolute Gasteiger partial charge is 0.493 e. The standard InChI is InChI=1S/C34H25BrN4O4S2/c1-20-29(32(40)38-24-7-4-3-5-8-24)30(27-9-6-14-44-27)39-33(41)28(45-34(39)37-20)17-23-15-25(35)31(26(16-23)42-2)43-19-22-12-10-21(18-36)11-13-22/h3-17,30H,19H2,1-2H3,(H,38,40)/b28-17+/t30-/m0/s1. The van der Waals surface area contributed by atoms with Gasteiger partial charge in [-0.05, 0) is 87.9 Å². The molecule has 6 rings (SSSR count). The van der Waals surface area contributed by atoms with Gasteiger partial charge < -0.3 is 14.8 Å². The molecule has 1 aliphatic heterocycles. The predicted octanol–water partition coefficient (Wildman–Crippen LogP) is 6.16. The van der Waals surface area contributed by atoms with Crippen LogP contribution < -0.4 is 29.7 Å². The minimum Gasteiger partial charge on any atom is -0.493 e. The van der Waals surface area contributed by atoms with E-state index in [0.29, 0.717) is 47.8 Å². The Balaban J connectivity index is 1.36. The number of nitrogens with zero attached hydrogens (tertiary/aromatic N) is 3. The fourth-order valence-electron chi connectivity index (χ4n) is 4.99. The van der Waals surface area contributed by atoms with Gasteiger partial charge in [0.1, 0.15) is 12.6 Å². The van der Waals surface area contributed by atoms with Crippen molar-refractivity contribution in [3.63, 3.8) is 0 Å². The van der Waals surface area contributed by atoms with Crippen LogP contribution in [0.2, 0.25) is 0 Å². The van der Waals surface area contributed by atoms with Gasteiger partial charge in [0, 0.05) is 10.6 Å². The highest BCUT2D eigenvalue weighted by molar-refractivity contribution is 9.10. The Bertz CT molecular complexity index is 2150. The molecule has 45 heavy (non-hydrogen) atoms. The topological polar surface area (TPSA) is 106 Å². The summed E-state index contributed by atoms with van der Waals surface area (Å²) in [5.41, 5.74) is 3.60. The number of nitriles is 1. The fraction of sp³-hybridized carbons (Fsp3) is 0.118. The highest BCUT2D eigenvalue weighted by Crippen LogP contribution is 2.38. The second-order valence-electron chi connectivity index (χ2n) is 10.0. The van der Waals surface area contributed by atoms with Gasteiger partial charge >= 0.3 is 0 Å². The van der Waals surface area contributed by atoms with E-state index < -0.39 is 6.04 Å². The van der Waals surface area contributed by atoms with Crippen molar-refractivity contribution in [1.29, 1.82) is 5.26 Å². The third-order valence-electron chi connectivity index (χ3n) is 7.13. The van der Waals surface area contributed by atoms with Crippen molar-refractivity contribution in [3.8, 4) is 17.6 Å². The summed E-state index contributed by atoms with van der Waals surface area (Å²) in [7, 11) is 1.56. The molecule has 3 aromatic carbocycles. The van der Waals surface area contributed by atoms with Crippen LogP contribution in [0.5, 0.6) is 11.5 Å². The minimum atomic E-state index is -0.619. The van der Waals surface area contributed by atoms with Crippen molar-refractivity contribution in [2.24, 2.45) is 4.99 Å². The number of carbonyl (C=O) groups excluding carboxylic acids is 1. The van der Waals surface area contributed by atoms with E-state index in [1.165, 1.54) is 22.7 Å². The van der Waals surface area contributed by atoms with Crippen LogP contribution in [0, 0.1) is 11.3 Å². The normalized spacial score (nSPS) is 14.4. The lowest BCUT2D eigenvalue weighted by Crippen LogP contribution is -2.40. The Labute approximate surface area is 275 Å². The number of rotatable bonds is 8. The SMILES string of the molecule is COc1cc(/C=c2/sc3n(c2=O)[C@@H](c2cccs2)C(C(=O)Nc2ccccc2)=C(C)N=3)cc(Br)c1OCc1ccc(C#N)cc1. The van der Waals surface area contributed by atoms with E-state index in [2.05, 4.69) is 27.3 Å². The molecular weight excluding hydrogens is 672 g/mol. The average Bonchev–Trinajstić information content (AvgIpc) is 3.68. The lowest BCUT2D eigenvalue weighted by Gasteiger charge is -2.24. The van der Waals surface area contributed by atoms with Crippen molar-refractivity contribution in [1.82, 2.24) is 4.57 Å². The molecule has 1 aliphatic rings. The number of methoxy groups -OCH3 is 1. The smallest absolute Gasteiger partial charge is 0.271 e. The lowest BCUT2D eigenvalue weighted by molar-refractivity contribution is -0.113. The number of aromatic nitrogens is 1. The number of hydrogen-bond acceptors (Lipinski definition) is 8. The number of nitrogens with one attached hydrogen (secondary N) is 1. The van der Waals surface area contributed by atoms with Crippen LogP contribution in [0.4, 0.5) is 5.69 Å². The summed E-state index contributed by atoms with van der Waals surface area (Å²) in [5.74, 6) is 0.701. The molecular formula is C34H25BrN4O4S2. The summed E-state index contributed by atoms with van der Waals surface area (Å²) in [5, 5.41) is 13.9. The maximum Gasteiger partial charge on any atom is 0.271 e. The van der Waals surface area contributed by atoms with Crippen LogP contribution in [0.3, 0.4) is 0 Å². The summed E-state index contributed by atoms with van der Waals surface area (Å²) < 4.78 is 14.4. The molecule has 0 saturated heterocycles. The number of halogens is 1. The number of ether oxygens (including phenoxy) is 2. The van der Waals surface area contributed by atoms with Gasteiger partial charge in [-0.3, -0.25) is 14.2 Å². The lowest BCUT2D eigenvalue weighted by atomic mass is 10.0. The maximum atomic E-state index is 14.0. The molecule has 11 heteroatoms. The van der Waals surface area contributed by atoms with Crippen molar-refractivity contribution >= 4 is 56.3 Å². The summed E-state index contributed by atoms with van der Waals surface area (Å²) in [6.07, 6.45) is 1.79. The number of thiazole rings is 1. The Morgan fingerprint density at radius 1 is 1.13 bits per heavy atom. The average molecular weight is 698 g/mol. The van der Waals surface area contributed by atoms with Gasteiger partial charge in [0.2, 0.25) is 0 Å². The number of para-hydroxylation sites is 1. The van der Waals surface area contributed by atoms with Crippen molar-refractivity contribution in [2.75, 3.05) is 12.4 Å². The van der Waals surface area contributed by atoms with Gasteiger partial charge in [0.25, 0.3) is 11.5 Å². The van der Waals surface area contributed by atoms with E-state index in [1.807, 2.05) is 66.0 Å². The third-order valence-corrected chi connectivity index (χ3v) is 9.62. The minimum absolute atomic E-state index is 0.245. The van der Waals surface area contributed by atoms with Crippen LogP contribution in [0.25, 0.3) is 6.08 Å². The Morgan fingerprint density at radius 3 is 2.60 bits per heavy atom. The van der Waals surface area contributed by atoms with Crippen molar-refractivity contribution in [3.05, 3.63) is 141 Å². The quantitative estimate of drug-likeness (QED) is 0.209. The van der Waals surface area contributed by atoms with Crippen molar-refractivity contribution in [2.45, 2.75) is 19.6 Å². The number of hydrogen-bond donors (Lipinski definition) is 1. The summed E-state index contributed by atoms with van der Waals surface area (Å²) in [6, 6.07) is 25.4. The molecule has 0 spiro atoms. The van der Waals surface area contributed by atoms with E-state index in [1.54, 1.807) is 42.9 Å². The molecule has 0 unspecified atom stereocenters. The summed E-state index contributed by atoms with van der Waals surface area (Å²) in [4.78, 5) is 33.7. The zero-order chi connectivity index (χ0) is 31.5. The fourth-order valence-corrected chi connectivity index (χ4v) is 7.44. The first-order valence-electron chi connectivity index (χ1n) is 13.8. The monoisotopic (exact) mass is 696 g/mol. The summed E-state index contributed by atoms with van der Waals surface area (Å²) >= 11 is 6.36. The number of fused-ring (bicyclic) bond motifs is 1. The number of thiophene rings is 1. The van der Waals surface area contributed by atoms with E-state index in [4.69, 9.17) is 19.7 Å².